The number of hydrogen-bond donors (Lipinski definition) is 1. The van der Waals surface area contributed by atoms with E-state index in [9.17, 15) is 0 Å². The molecule has 0 aromatic rings. The zero-order valence-corrected chi connectivity index (χ0v) is 14.1. The van der Waals surface area contributed by atoms with Crippen LogP contribution in [0.15, 0.2) is 0 Å². The molecular weight excluding hydrogens is 232 g/mol. The zero-order chi connectivity index (χ0) is 14.6. The molecule has 2 N–H and O–H groups in total. The van der Waals surface area contributed by atoms with Crippen molar-refractivity contribution in [1.82, 2.24) is 4.90 Å². The maximum atomic E-state index is 6.51. The van der Waals surface area contributed by atoms with Gasteiger partial charge in [-0.3, -0.25) is 4.90 Å². The van der Waals surface area contributed by atoms with Gasteiger partial charge in [-0.05, 0) is 30.6 Å². The third kappa shape index (κ3) is 4.75. The topological polar surface area (TPSA) is 29.3 Å². The Kier molecular flexibility index (Phi) is 6.32. The van der Waals surface area contributed by atoms with Crippen molar-refractivity contribution in [2.75, 3.05) is 6.54 Å². The Morgan fingerprint density at radius 3 is 2.05 bits per heavy atom. The molecule has 1 saturated carbocycles. The second kappa shape index (κ2) is 7.08. The van der Waals surface area contributed by atoms with Crippen LogP contribution in [0.1, 0.15) is 73.6 Å². The highest BCUT2D eigenvalue weighted by Gasteiger charge is 2.38. The molecule has 1 fully saturated rings. The van der Waals surface area contributed by atoms with Crippen LogP contribution in [0.25, 0.3) is 0 Å². The molecule has 2 heteroatoms. The molecule has 1 aliphatic rings. The van der Waals surface area contributed by atoms with Crippen LogP contribution in [0.4, 0.5) is 0 Å². The number of rotatable bonds is 6. The average Bonchev–Trinajstić information content (AvgIpc) is 2.78. The van der Waals surface area contributed by atoms with Crippen molar-refractivity contribution in [2.45, 2.75) is 91.8 Å². The maximum absolute atomic E-state index is 6.51. The van der Waals surface area contributed by atoms with E-state index in [-0.39, 0.29) is 5.41 Å². The average molecular weight is 268 g/mol. The van der Waals surface area contributed by atoms with Crippen LogP contribution in [0.5, 0.6) is 0 Å². The molecule has 0 aromatic heterocycles. The summed E-state index contributed by atoms with van der Waals surface area (Å²) in [5.41, 5.74) is 6.76. The van der Waals surface area contributed by atoms with Gasteiger partial charge in [-0.15, -0.1) is 0 Å². The van der Waals surface area contributed by atoms with E-state index in [2.05, 4.69) is 46.4 Å². The van der Waals surface area contributed by atoms with Gasteiger partial charge in [0.05, 0.1) is 0 Å². The van der Waals surface area contributed by atoms with Gasteiger partial charge >= 0.3 is 0 Å². The minimum absolute atomic E-state index is 0.257. The van der Waals surface area contributed by atoms with Crippen LogP contribution in [-0.4, -0.2) is 29.6 Å². The van der Waals surface area contributed by atoms with Crippen LogP contribution >= 0.6 is 0 Å². The fraction of sp³-hybridized carbons (Fsp3) is 1.00. The van der Waals surface area contributed by atoms with Gasteiger partial charge in [-0.2, -0.15) is 0 Å². The van der Waals surface area contributed by atoms with Crippen molar-refractivity contribution < 1.29 is 0 Å². The maximum Gasteiger partial charge on any atom is 0.0298 e. The fourth-order valence-electron chi connectivity index (χ4n) is 3.76. The quantitative estimate of drug-likeness (QED) is 0.788. The van der Waals surface area contributed by atoms with Gasteiger partial charge in [0.15, 0.2) is 0 Å². The first-order chi connectivity index (χ1) is 8.77. The molecule has 0 aromatic carbocycles. The van der Waals surface area contributed by atoms with Crippen LogP contribution in [-0.2, 0) is 0 Å². The summed E-state index contributed by atoms with van der Waals surface area (Å²) in [5.74, 6) is 0.717. The first kappa shape index (κ1) is 17.0. The number of hydrogen-bond acceptors (Lipinski definition) is 2. The molecule has 0 aliphatic heterocycles. The summed E-state index contributed by atoms with van der Waals surface area (Å²) in [7, 11) is 0. The predicted octanol–water partition coefficient (Wildman–Crippen LogP) is 4.04. The monoisotopic (exact) mass is 268 g/mol. The summed E-state index contributed by atoms with van der Waals surface area (Å²) in [6, 6.07) is 1.56. The fourth-order valence-corrected chi connectivity index (χ4v) is 3.76. The number of nitrogens with two attached hydrogens (primary N) is 1. The van der Waals surface area contributed by atoms with Gasteiger partial charge in [0.25, 0.3) is 0 Å². The van der Waals surface area contributed by atoms with Crippen LogP contribution in [0, 0.1) is 11.3 Å². The molecule has 0 heterocycles. The van der Waals surface area contributed by atoms with E-state index < -0.39 is 0 Å². The van der Waals surface area contributed by atoms with Crippen LogP contribution in [0.2, 0.25) is 0 Å². The van der Waals surface area contributed by atoms with Gasteiger partial charge in [-0.25, -0.2) is 0 Å². The second-order valence-electron chi connectivity index (χ2n) is 7.91. The Balaban J connectivity index is 2.95. The predicted molar refractivity (Wildman–Crippen MR) is 85.3 cm³/mol. The molecule has 114 valence electrons. The summed E-state index contributed by atoms with van der Waals surface area (Å²) in [5, 5.41) is 0. The molecule has 19 heavy (non-hydrogen) atoms. The van der Waals surface area contributed by atoms with E-state index in [4.69, 9.17) is 5.73 Å². The molecule has 0 saturated heterocycles. The van der Waals surface area contributed by atoms with Gasteiger partial charge < -0.3 is 5.73 Å². The minimum atomic E-state index is 0.257. The molecule has 2 nitrogen and oxygen atoms in total. The Hall–Kier alpha value is -0.0800. The van der Waals surface area contributed by atoms with E-state index in [0.717, 1.165) is 18.4 Å². The van der Waals surface area contributed by atoms with E-state index >= 15 is 0 Å². The summed E-state index contributed by atoms with van der Waals surface area (Å²) in [6.07, 6.45) is 6.61. The third-order valence-corrected chi connectivity index (χ3v) is 4.49. The molecule has 1 rings (SSSR count). The van der Waals surface area contributed by atoms with E-state index in [1.807, 2.05) is 0 Å². The summed E-state index contributed by atoms with van der Waals surface area (Å²) in [6.45, 7) is 15.2. The smallest absolute Gasteiger partial charge is 0.0298 e. The lowest BCUT2D eigenvalue weighted by atomic mass is 9.79. The summed E-state index contributed by atoms with van der Waals surface area (Å²) >= 11 is 0. The lowest BCUT2D eigenvalue weighted by Gasteiger charge is -2.47. The van der Waals surface area contributed by atoms with Gasteiger partial charge in [0.2, 0.25) is 0 Å². The van der Waals surface area contributed by atoms with Gasteiger partial charge in [0.1, 0.15) is 0 Å². The largest absolute Gasteiger partial charge is 0.326 e. The van der Waals surface area contributed by atoms with Crippen LogP contribution < -0.4 is 5.73 Å². The Morgan fingerprint density at radius 1 is 1.16 bits per heavy atom. The van der Waals surface area contributed by atoms with Crippen molar-refractivity contribution in [3.05, 3.63) is 0 Å². The molecular formula is C17H36N2. The normalized spacial score (nSPS) is 21.3. The molecule has 0 bridgehead atoms. The Morgan fingerprint density at radius 2 is 1.68 bits per heavy atom. The zero-order valence-electron chi connectivity index (χ0n) is 14.1. The first-order valence-corrected chi connectivity index (χ1v) is 8.28. The Labute approximate surface area is 121 Å². The SMILES string of the molecule is CCC(N)C(N(CC(C)C)C1CCCC1)C(C)(C)C. The van der Waals surface area contributed by atoms with E-state index in [1.165, 1.54) is 32.2 Å². The minimum Gasteiger partial charge on any atom is -0.326 e. The Bertz CT molecular complexity index is 248. The summed E-state index contributed by atoms with van der Waals surface area (Å²) < 4.78 is 0. The van der Waals surface area contributed by atoms with Crippen molar-refractivity contribution in [3.8, 4) is 0 Å². The van der Waals surface area contributed by atoms with Crippen molar-refractivity contribution in [1.29, 1.82) is 0 Å². The molecule has 2 unspecified atom stereocenters. The highest BCUT2D eigenvalue weighted by atomic mass is 15.2. The van der Waals surface area contributed by atoms with E-state index in [1.54, 1.807) is 0 Å². The van der Waals surface area contributed by atoms with Crippen LogP contribution in [0.3, 0.4) is 0 Å². The molecule has 0 spiro atoms. The van der Waals surface area contributed by atoms with Gasteiger partial charge in [-0.1, -0.05) is 54.4 Å². The highest BCUT2D eigenvalue weighted by Crippen LogP contribution is 2.34. The third-order valence-electron chi connectivity index (χ3n) is 4.49. The van der Waals surface area contributed by atoms with Crippen molar-refractivity contribution >= 4 is 0 Å². The summed E-state index contributed by atoms with van der Waals surface area (Å²) in [4.78, 5) is 2.77. The van der Waals surface area contributed by atoms with Gasteiger partial charge in [0, 0.05) is 24.7 Å². The second-order valence-corrected chi connectivity index (χ2v) is 7.91. The molecule has 2 atom stereocenters. The lowest BCUT2D eigenvalue weighted by Crippen LogP contribution is -2.58. The van der Waals surface area contributed by atoms with Crippen molar-refractivity contribution in [3.63, 3.8) is 0 Å². The standard InChI is InChI=1S/C17H36N2/c1-7-15(18)16(17(4,5)6)19(12-13(2)3)14-10-8-9-11-14/h13-16H,7-12,18H2,1-6H3. The van der Waals surface area contributed by atoms with E-state index in [0.29, 0.717) is 12.1 Å². The molecule has 1 aliphatic carbocycles. The van der Waals surface area contributed by atoms with Crippen molar-refractivity contribution in [2.24, 2.45) is 17.1 Å². The first-order valence-electron chi connectivity index (χ1n) is 8.28. The highest BCUT2D eigenvalue weighted by molar-refractivity contribution is 4.94. The lowest BCUT2D eigenvalue weighted by molar-refractivity contribution is 0.0314. The molecule has 0 amide bonds. The molecule has 0 radical (unpaired) electrons. The number of nitrogens with zero attached hydrogens (tertiary/aromatic N) is 1.